The molecular weight excluding hydrogens is 142 g/mol. The van der Waals surface area contributed by atoms with Crippen LogP contribution in [0.25, 0.3) is 0 Å². The quantitative estimate of drug-likeness (QED) is 0.425. The molecule has 58 valence electrons. The van der Waals surface area contributed by atoms with Gasteiger partial charge in [-0.3, -0.25) is 14.5 Å². The first-order valence-corrected chi connectivity index (χ1v) is 3.34. The number of carbonyl (C=O) groups excluding carboxylic acids is 2. The Labute approximate surface area is 65.0 Å². The molecule has 1 heterocycles. The Kier molecular flexibility index (Phi) is 1.89. The first kappa shape index (κ1) is 7.72. The van der Waals surface area contributed by atoms with Gasteiger partial charge in [0.25, 0.3) is 11.8 Å². The zero-order valence-corrected chi connectivity index (χ0v) is 6.28. The maximum atomic E-state index is 11.0. The minimum Gasteiger partial charge on any atom is -0.269 e. The summed E-state index contributed by atoms with van der Waals surface area (Å²) in [5.74, 6) is -0.523. The molecule has 1 rings (SSSR count). The molecule has 11 heavy (non-hydrogen) atoms. The molecule has 1 unspecified atom stereocenters. The summed E-state index contributed by atoms with van der Waals surface area (Å²) in [5, 5.41) is 0. The van der Waals surface area contributed by atoms with Crippen molar-refractivity contribution in [3.63, 3.8) is 0 Å². The Morgan fingerprint density at radius 2 is 1.91 bits per heavy atom. The topological polar surface area (TPSA) is 37.4 Å². The van der Waals surface area contributed by atoms with Crippen LogP contribution in [0.15, 0.2) is 24.8 Å². The fourth-order valence-electron chi connectivity index (χ4n) is 0.919. The fraction of sp³-hybridized carbons (Fsp3) is 0.250. The van der Waals surface area contributed by atoms with Crippen molar-refractivity contribution in [2.75, 3.05) is 0 Å². The highest BCUT2D eigenvalue weighted by molar-refractivity contribution is 6.13. The van der Waals surface area contributed by atoms with Gasteiger partial charge in [0.2, 0.25) is 0 Å². The molecule has 0 aromatic heterocycles. The van der Waals surface area contributed by atoms with Crippen LogP contribution >= 0.6 is 0 Å². The number of nitrogens with zero attached hydrogens (tertiary/aromatic N) is 1. The second-order valence-corrected chi connectivity index (χ2v) is 2.36. The van der Waals surface area contributed by atoms with Crippen LogP contribution < -0.4 is 0 Å². The molecule has 0 saturated carbocycles. The molecule has 0 saturated heterocycles. The summed E-state index contributed by atoms with van der Waals surface area (Å²) in [6.45, 7) is 5.25. The molecular formula is C8H9NO2. The lowest BCUT2D eigenvalue weighted by Gasteiger charge is -2.18. The van der Waals surface area contributed by atoms with E-state index in [2.05, 4.69) is 6.58 Å². The van der Waals surface area contributed by atoms with Gasteiger partial charge in [0.05, 0.1) is 6.04 Å². The molecule has 1 atom stereocenters. The molecule has 3 heteroatoms. The van der Waals surface area contributed by atoms with Gasteiger partial charge in [0.15, 0.2) is 0 Å². The molecule has 3 nitrogen and oxygen atoms in total. The Morgan fingerprint density at radius 3 is 2.27 bits per heavy atom. The molecule has 0 N–H and O–H groups in total. The summed E-state index contributed by atoms with van der Waals surface area (Å²) < 4.78 is 0. The number of rotatable bonds is 2. The number of hydrogen-bond acceptors (Lipinski definition) is 2. The molecule has 1 aliphatic heterocycles. The highest BCUT2D eigenvalue weighted by Crippen LogP contribution is 2.08. The Bertz CT molecular complexity index is 224. The summed E-state index contributed by atoms with van der Waals surface area (Å²) in [5.41, 5.74) is 0. The van der Waals surface area contributed by atoms with Crippen molar-refractivity contribution in [1.29, 1.82) is 0 Å². The summed E-state index contributed by atoms with van der Waals surface area (Å²) in [6, 6.07) is -0.218. The smallest absolute Gasteiger partial charge is 0.254 e. The Morgan fingerprint density at radius 1 is 1.45 bits per heavy atom. The first-order valence-electron chi connectivity index (χ1n) is 3.34. The standard InChI is InChI=1S/C8H9NO2/c1-3-6(2)9-7(10)4-5-8(9)11/h3-6H,1H2,2H3. The zero-order chi connectivity index (χ0) is 8.43. The Hall–Kier alpha value is -1.38. The molecule has 0 aliphatic carbocycles. The third kappa shape index (κ3) is 1.22. The predicted molar refractivity (Wildman–Crippen MR) is 40.7 cm³/mol. The zero-order valence-electron chi connectivity index (χ0n) is 6.28. The minimum absolute atomic E-state index is 0.218. The molecule has 0 bridgehead atoms. The van der Waals surface area contributed by atoms with Crippen LogP contribution in [0, 0.1) is 0 Å². The second-order valence-electron chi connectivity index (χ2n) is 2.36. The van der Waals surface area contributed by atoms with Gasteiger partial charge in [-0.15, -0.1) is 6.58 Å². The largest absolute Gasteiger partial charge is 0.269 e. The fourth-order valence-corrected chi connectivity index (χ4v) is 0.919. The number of amides is 2. The van der Waals surface area contributed by atoms with E-state index in [1.165, 1.54) is 12.2 Å². The predicted octanol–water partition coefficient (Wildman–Crippen LogP) is 0.486. The van der Waals surface area contributed by atoms with Crippen LogP contribution in [0.3, 0.4) is 0 Å². The van der Waals surface area contributed by atoms with Gasteiger partial charge in [-0.2, -0.15) is 0 Å². The van der Waals surface area contributed by atoms with Gasteiger partial charge in [0, 0.05) is 12.2 Å². The third-order valence-corrected chi connectivity index (χ3v) is 1.59. The van der Waals surface area contributed by atoms with E-state index < -0.39 is 0 Å². The molecule has 0 fully saturated rings. The molecule has 0 spiro atoms. The highest BCUT2D eigenvalue weighted by Gasteiger charge is 2.26. The summed E-state index contributed by atoms with van der Waals surface area (Å²) in [7, 11) is 0. The van der Waals surface area contributed by atoms with E-state index in [9.17, 15) is 9.59 Å². The van der Waals surface area contributed by atoms with Crippen molar-refractivity contribution < 1.29 is 9.59 Å². The van der Waals surface area contributed by atoms with E-state index in [1.54, 1.807) is 13.0 Å². The number of imide groups is 1. The lowest BCUT2D eigenvalue weighted by Crippen LogP contribution is -2.36. The maximum absolute atomic E-state index is 11.0. The van der Waals surface area contributed by atoms with Crippen molar-refractivity contribution in [2.24, 2.45) is 0 Å². The maximum Gasteiger partial charge on any atom is 0.254 e. The second kappa shape index (κ2) is 2.70. The van der Waals surface area contributed by atoms with Crippen LogP contribution in [-0.4, -0.2) is 22.8 Å². The lowest BCUT2D eigenvalue weighted by atomic mass is 10.3. The average Bonchev–Trinajstić information content (AvgIpc) is 2.30. The van der Waals surface area contributed by atoms with E-state index in [1.807, 2.05) is 0 Å². The van der Waals surface area contributed by atoms with Gasteiger partial charge in [-0.05, 0) is 6.92 Å². The van der Waals surface area contributed by atoms with E-state index in [-0.39, 0.29) is 17.9 Å². The van der Waals surface area contributed by atoms with Crippen molar-refractivity contribution in [2.45, 2.75) is 13.0 Å². The van der Waals surface area contributed by atoms with E-state index in [4.69, 9.17) is 0 Å². The van der Waals surface area contributed by atoms with Crippen molar-refractivity contribution in [3.8, 4) is 0 Å². The summed E-state index contributed by atoms with van der Waals surface area (Å²) >= 11 is 0. The van der Waals surface area contributed by atoms with Crippen LogP contribution in [0.4, 0.5) is 0 Å². The van der Waals surface area contributed by atoms with Crippen molar-refractivity contribution in [1.82, 2.24) is 4.90 Å². The monoisotopic (exact) mass is 151 g/mol. The van der Waals surface area contributed by atoms with Crippen LogP contribution in [0.1, 0.15) is 6.92 Å². The van der Waals surface area contributed by atoms with Gasteiger partial charge in [-0.1, -0.05) is 6.08 Å². The van der Waals surface area contributed by atoms with Crippen molar-refractivity contribution in [3.05, 3.63) is 24.8 Å². The van der Waals surface area contributed by atoms with Crippen LogP contribution in [-0.2, 0) is 9.59 Å². The summed E-state index contributed by atoms with van der Waals surface area (Å²) in [6.07, 6.45) is 4.09. The SMILES string of the molecule is C=CC(C)N1C(=O)C=CC1=O. The normalized spacial score (nSPS) is 19.2. The molecule has 1 aliphatic rings. The van der Waals surface area contributed by atoms with E-state index in [0.717, 1.165) is 4.90 Å². The number of carbonyl (C=O) groups is 2. The van der Waals surface area contributed by atoms with Gasteiger partial charge >= 0.3 is 0 Å². The molecule has 2 amide bonds. The first-order chi connectivity index (χ1) is 5.16. The molecule has 0 radical (unpaired) electrons. The van der Waals surface area contributed by atoms with Crippen molar-refractivity contribution >= 4 is 11.8 Å². The van der Waals surface area contributed by atoms with E-state index in [0.29, 0.717) is 0 Å². The van der Waals surface area contributed by atoms with Crippen LogP contribution in [0.5, 0.6) is 0 Å². The highest BCUT2D eigenvalue weighted by atomic mass is 16.2. The number of hydrogen-bond donors (Lipinski definition) is 0. The summed E-state index contributed by atoms with van der Waals surface area (Å²) in [4.78, 5) is 23.1. The molecule has 0 aromatic carbocycles. The lowest BCUT2D eigenvalue weighted by molar-refractivity contribution is -0.138. The average molecular weight is 151 g/mol. The Balaban J connectivity index is 2.81. The van der Waals surface area contributed by atoms with Gasteiger partial charge in [0.1, 0.15) is 0 Å². The van der Waals surface area contributed by atoms with Crippen LogP contribution in [0.2, 0.25) is 0 Å². The van der Waals surface area contributed by atoms with Gasteiger partial charge in [-0.25, -0.2) is 0 Å². The van der Waals surface area contributed by atoms with E-state index >= 15 is 0 Å². The van der Waals surface area contributed by atoms with Gasteiger partial charge < -0.3 is 0 Å². The minimum atomic E-state index is -0.262. The molecule has 0 aromatic rings. The third-order valence-electron chi connectivity index (χ3n) is 1.59.